The molecule has 0 unspecified atom stereocenters. The number of pyridine rings is 1. The van der Waals surface area contributed by atoms with Crippen molar-refractivity contribution in [1.82, 2.24) is 10.4 Å². The van der Waals surface area contributed by atoms with Gasteiger partial charge in [0.05, 0.1) is 17.3 Å². The highest BCUT2D eigenvalue weighted by molar-refractivity contribution is 6.01. The van der Waals surface area contributed by atoms with Gasteiger partial charge in [0.1, 0.15) is 0 Å². The second-order valence-corrected chi connectivity index (χ2v) is 8.07. The summed E-state index contributed by atoms with van der Waals surface area (Å²) in [5.41, 5.74) is 8.67. The van der Waals surface area contributed by atoms with Crippen LogP contribution in [0.4, 0.5) is 5.69 Å². The van der Waals surface area contributed by atoms with E-state index in [0.29, 0.717) is 23.4 Å². The third-order valence-electron chi connectivity index (χ3n) is 6.19. The van der Waals surface area contributed by atoms with E-state index >= 15 is 0 Å². The minimum Gasteiger partial charge on any atom is -0.378 e. The molecule has 0 fully saturated rings. The highest BCUT2D eigenvalue weighted by Crippen LogP contribution is 2.49. The van der Waals surface area contributed by atoms with Crippen molar-refractivity contribution in [2.24, 2.45) is 11.0 Å². The Morgan fingerprint density at radius 3 is 2.77 bits per heavy atom. The molecule has 31 heavy (non-hydrogen) atoms. The molecule has 2 aromatic carbocycles. The van der Waals surface area contributed by atoms with Gasteiger partial charge in [-0.1, -0.05) is 48.6 Å². The third-order valence-corrected chi connectivity index (χ3v) is 6.19. The van der Waals surface area contributed by atoms with Gasteiger partial charge in [-0.25, -0.2) is 5.43 Å². The van der Waals surface area contributed by atoms with E-state index < -0.39 is 0 Å². The zero-order valence-corrected chi connectivity index (χ0v) is 17.3. The Bertz CT molecular complexity index is 1150. The largest absolute Gasteiger partial charge is 0.378 e. The number of nitrogens with one attached hydrogen (secondary N) is 2. The van der Waals surface area contributed by atoms with Crippen LogP contribution in [-0.2, 0) is 0 Å². The number of rotatable bonds is 4. The highest BCUT2D eigenvalue weighted by atomic mass is 16.2. The molecule has 0 bridgehead atoms. The van der Waals surface area contributed by atoms with Crippen LogP contribution in [0.1, 0.15) is 52.4 Å². The van der Waals surface area contributed by atoms with Crippen molar-refractivity contribution in [2.45, 2.75) is 25.3 Å². The van der Waals surface area contributed by atoms with E-state index in [1.54, 1.807) is 18.3 Å². The van der Waals surface area contributed by atoms with Crippen LogP contribution >= 0.6 is 0 Å². The van der Waals surface area contributed by atoms with Gasteiger partial charge in [-0.3, -0.25) is 9.78 Å². The number of aromatic nitrogens is 1. The summed E-state index contributed by atoms with van der Waals surface area (Å²) in [5.74, 6) is 0.600. The van der Waals surface area contributed by atoms with Crippen molar-refractivity contribution < 1.29 is 4.79 Å². The Hall–Kier alpha value is -3.73. The summed E-state index contributed by atoms with van der Waals surface area (Å²) >= 11 is 0. The van der Waals surface area contributed by atoms with Gasteiger partial charge in [0.25, 0.3) is 5.91 Å². The maximum Gasteiger partial charge on any atom is 0.272 e. The molecule has 5 heteroatoms. The Morgan fingerprint density at radius 1 is 1.10 bits per heavy atom. The first-order valence-electron chi connectivity index (χ1n) is 10.6. The predicted octanol–water partition coefficient (Wildman–Crippen LogP) is 5.06. The molecule has 3 aromatic rings. The molecule has 3 atom stereocenters. The number of carbonyl (C=O) groups excluding carboxylic acids is 1. The molecule has 5 nitrogen and oxygen atoms in total. The fourth-order valence-corrected chi connectivity index (χ4v) is 4.57. The number of benzene rings is 2. The van der Waals surface area contributed by atoms with E-state index in [0.717, 1.165) is 23.4 Å². The van der Waals surface area contributed by atoms with Crippen molar-refractivity contribution in [2.75, 3.05) is 5.32 Å². The quantitative estimate of drug-likeness (QED) is 0.360. The summed E-state index contributed by atoms with van der Waals surface area (Å²) < 4.78 is 0. The average molecular weight is 409 g/mol. The molecule has 0 radical (unpaired) electrons. The van der Waals surface area contributed by atoms with Crippen LogP contribution in [0, 0.1) is 5.92 Å². The maximum atomic E-state index is 12.3. The first-order chi connectivity index (χ1) is 15.2. The minimum atomic E-state index is -0.267. The van der Waals surface area contributed by atoms with E-state index in [2.05, 4.69) is 81.5 Å². The lowest BCUT2D eigenvalue weighted by Crippen LogP contribution is -2.29. The smallest absolute Gasteiger partial charge is 0.272 e. The van der Waals surface area contributed by atoms with Crippen LogP contribution < -0.4 is 10.7 Å². The maximum absolute atomic E-state index is 12.3. The predicted molar refractivity (Wildman–Crippen MR) is 123 cm³/mol. The molecule has 0 saturated heterocycles. The molecule has 154 valence electrons. The van der Waals surface area contributed by atoms with Gasteiger partial charge in [-0.2, -0.15) is 5.10 Å². The topological polar surface area (TPSA) is 66.4 Å². The number of anilines is 1. The molecule has 2 heterocycles. The Morgan fingerprint density at radius 2 is 1.97 bits per heavy atom. The van der Waals surface area contributed by atoms with Crippen molar-refractivity contribution in [1.29, 1.82) is 0 Å². The number of hydrogen-bond donors (Lipinski definition) is 2. The highest BCUT2D eigenvalue weighted by Gasteiger charge is 2.37. The number of hydrazone groups is 1. The van der Waals surface area contributed by atoms with Crippen LogP contribution in [0.3, 0.4) is 0 Å². The molecule has 1 aliphatic carbocycles. The molecule has 1 aliphatic heterocycles. The summed E-state index contributed by atoms with van der Waals surface area (Å²) in [6.07, 6.45) is 8.86. The number of allylic oxidation sites excluding steroid dienone is 2. The number of fused-ring (bicyclic) bond motifs is 3. The van der Waals surface area contributed by atoms with Crippen molar-refractivity contribution in [3.8, 4) is 0 Å². The van der Waals surface area contributed by atoms with E-state index in [9.17, 15) is 4.79 Å². The fourth-order valence-electron chi connectivity index (χ4n) is 4.57. The lowest BCUT2D eigenvalue weighted by atomic mass is 9.76. The van der Waals surface area contributed by atoms with Gasteiger partial charge in [0.2, 0.25) is 0 Å². The molecule has 0 saturated carbocycles. The molecule has 2 aliphatic rings. The van der Waals surface area contributed by atoms with Crippen LogP contribution in [0.5, 0.6) is 0 Å². The standard InChI is InChI=1S/C26H24N4O/c1-17(29-30-26(31)20-9-6-14-27-16-20)19-12-13-24-23(15-19)21-10-5-11-22(21)25(28-24)18-7-3-2-4-8-18/h2-10,12-16,21-22,25,28H,11H2,1H3,(H,30,31)/b29-17-/t21-,22-,25+/m1/s1. The molecular weight excluding hydrogens is 384 g/mol. The number of nitrogens with zero attached hydrogens (tertiary/aromatic N) is 2. The summed E-state index contributed by atoms with van der Waals surface area (Å²) in [4.78, 5) is 16.2. The monoisotopic (exact) mass is 408 g/mol. The lowest BCUT2D eigenvalue weighted by Gasteiger charge is -2.37. The summed E-state index contributed by atoms with van der Waals surface area (Å²) in [5, 5.41) is 8.08. The van der Waals surface area contributed by atoms with Gasteiger partial charge >= 0.3 is 0 Å². The van der Waals surface area contributed by atoms with Crippen LogP contribution in [0.25, 0.3) is 0 Å². The number of carbonyl (C=O) groups is 1. The molecular formula is C26H24N4O. The zero-order chi connectivity index (χ0) is 21.2. The fraction of sp³-hybridized carbons (Fsp3) is 0.192. The summed E-state index contributed by atoms with van der Waals surface area (Å²) in [6, 6.07) is 20.8. The van der Waals surface area contributed by atoms with Gasteiger partial charge in [-0.15, -0.1) is 0 Å². The molecule has 1 aromatic heterocycles. The first kappa shape index (κ1) is 19.2. The number of amides is 1. The first-order valence-corrected chi connectivity index (χ1v) is 10.6. The molecule has 2 N–H and O–H groups in total. The molecule has 0 spiro atoms. The number of hydrogen-bond acceptors (Lipinski definition) is 4. The normalized spacial score (nSPS) is 21.7. The van der Waals surface area contributed by atoms with Crippen molar-refractivity contribution in [3.05, 3.63) is 107 Å². The summed E-state index contributed by atoms with van der Waals surface area (Å²) in [6.45, 7) is 1.91. The zero-order valence-electron chi connectivity index (χ0n) is 17.3. The van der Waals surface area contributed by atoms with E-state index in [1.807, 2.05) is 6.92 Å². The molecule has 5 rings (SSSR count). The van der Waals surface area contributed by atoms with Gasteiger partial charge in [0.15, 0.2) is 0 Å². The Labute approximate surface area is 181 Å². The third kappa shape index (κ3) is 3.75. The van der Waals surface area contributed by atoms with Gasteiger partial charge < -0.3 is 5.32 Å². The SMILES string of the molecule is C/C(=N/NC(=O)c1cccnc1)c1ccc2c(c1)[C@@H]1C=CC[C@H]1[C@H](c1ccccc1)N2. The lowest BCUT2D eigenvalue weighted by molar-refractivity contribution is 0.0954. The average Bonchev–Trinajstić information content (AvgIpc) is 3.33. The minimum absolute atomic E-state index is 0.267. The summed E-state index contributed by atoms with van der Waals surface area (Å²) in [7, 11) is 0. The van der Waals surface area contributed by atoms with Crippen molar-refractivity contribution >= 4 is 17.3 Å². The van der Waals surface area contributed by atoms with Crippen molar-refractivity contribution in [3.63, 3.8) is 0 Å². The van der Waals surface area contributed by atoms with Gasteiger partial charge in [-0.05, 0) is 60.2 Å². The Kier molecular flexibility index (Phi) is 5.08. The van der Waals surface area contributed by atoms with E-state index in [4.69, 9.17) is 0 Å². The van der Waals surface area contributed by atoms with E-state index in [1.165, 1.54) is 17.3 Å². The van der Waals surface area contributed by atoms with Gasteiger partial charge in [0, 0.05) is 24.0 Å². The van der Waals surface area contributed by atoms with Crippen LogP contribution in [0.2, 0.25) is 0 Å². The van der Waals surface area contributed by atoms with Crippen LogP contribution in [0.15, 0.2) is 90.3 Å². The van der Waals surface area contributed by atoms with E-state index in [-0.39, 0.29) is 5.91 Å². The second-order valence-electron chi connectivity index (χ2n) is 8.07. The Balaban J connectivity index is 1.40. The molecule has 1 amide bonds. The van der Waals surface area contributed by atoms with Crippen LogP contribution in [-0.4, -0.2) is 16.6 Å². The second kappa shape index (κ2) is 8.19.